The zero-order valence-electron chi connectivity index (χ0n) is 11.0. The van der Waals surface area contributed by atoms with Crippen LogP contribution in [-0.4, -0.2) is 46.7 Å². The Morgan fingerprint density at radius 2 is 2.25 bits per heavy atom. The maximum atomic E-state index is 12.0. The number of hydrogen-bond donors (Lipinski definition) is 1. The second-order valence-electron chi connectivity index (χ2n) is 4.90. The largest absolute Gasteiger partial charge is 0.483 e. The van der Waals surface area contributed by atoms with E-state index in [1.165, 1.54) is 0 Å². The number of nitrogens with zero attached hydrogens (tertiary/aromatic N) is 2. The smallest absolute Gasteiger partial charge is 0.260 e. The maximum Gasteiger partial charge on any atom is 0.260 e. The molecule has 5 nitrogen and oxygen atoms in total. The summed E-state index contributed by atoms with van der Waals surface area (Å²) in [5.41, 5.74) is 0.842. The average Bonchev–Trinajstić information content (AvgIpc) is 2.91. The minimum atomic E-state index is -0.402. The molecule has 1 fully saturated rings. The summed E-state index contributed by atoms with van der Waals surface area (Å²) in [6, 6.07) is 9.41. The number of likely N-dealkylation sites (tertiary alicyclic amines) is 1. The van der Waals surface area contributed by atoms with Crippen LogP contribution in [0.3, 0.4) is 0 Å². The third-order valence-corrected chi connectivity index (χ3v) is 3.48. The molecule has 1 aliphatic heterocycles. The van der Waals surface area contributed by atoms with Crippen molar-refractivity contribution in [3.63, 3.8) is 0 Å². The van der Waals surface area contributed by atoms with E-state index >= 15 is 0 Å². The van der Waals surface area contributed by atoms with Crippen LogP contribution in [0.2, 0.25) is 0 Å². The summed E-state index contributed by atoms with van der Waals surface area (Å²) >= 11 is 0. The number of ether oxygens (including phenoxy) is 1. The predicted molar refractivity (Wildman–Crippen MR) is 74.4 cm³/mol. The van der Waals surface area contributed by atoms with Crippen LogP contribution >= 0.6 is 0 Å². The molecule has 1 aliphatic rings. The van der Waals surface area contributed by atoms with Crippen molar-refractivity contribution in [2.75, 3.05) is 19.7 Å². The van der Waals surface area contributed by atoms with E-state index in [9.17, 15) is 9.90 Å². The Morgan fingerprint density at radius 3 is 3.05 bits per heavy atom. The number of fused-ring (bicyclic) bond motifs is 1. The number of rotatable bonds is 3. The van der Waals surface area contributed by atoms with Crippen molar-refractivity contribution in [3.05, 3.63) is 36.5 Å². The Morgan fingerprint density at radius 1 is 1.40 bits per heavy atom. The molecule has 1 N–H and O–H groups in total. The van der Waals surface area contributed by atoms with E-state index in [4.69, 9.17) is 4.74 Å². The number of carbonyl (C=O) groups is 1. The van der Waals surface area contributed by atoms with Gasteiger partial charge in [-0.1, -0.05) is 12.1 Å². The fraction of sp³-hybridized carbons (Fsp3) is 0.333. The van der Waals surface area contributed by atoms with Crippen LogP contribution in [0.25, 0.3) is 10.9 Å². The lowest BCUT2D eigenvalue weighted by Gasteiger charge is -2.16. The Kier molecular flexibility index (Phi) is 3.52. The lowest BCUT2D eigenvalue weighted by Crippen LogP contribution is -2.33. The minimum Gasteiger partial charge on any atom is -0.483 e. The van der Waals surface area contributed by atoms with Crippen LogP contribution in [0.15, 0.2) is 36.5 Å². The second-order valence-corrected chi connectivity index (χ2v) is 4.90. The highest BCUT2D eigenvalue weighted by molar-refractivity contribution is 5.85. The van der Waals surface area contributed by atoms with Gasteiger partial charge in [0, 0.05) is 24.7 Å². The van der Waals surface area contributed by atoms with E-state index in [0.717, 1.165) is 10.9 Å². The first kappa shape index (κ1) is 12.9. The third-order valence-electron chi connectivity index (χ3n) is 3.48. The summed E-state index contributed by atoms with van der Waals surface area (Å²) in [5, 5.41) is 10.3. The summed E-state index contributed by atoms with van der Waals surface area (Å²) in [4.78, 5) is 17.9. The van der Waals surface area contributed by atoms with Gasteiger partial charge in [0.05, 0.1) is 11.6 Å². The predicted octanol–water partition coefficient (Wildman–Crippen LogP) is 1.21. The molecule has 0 radical (unpaired) electrons. The van der Waals surface area contributed by atoms with Crippen molar-refractivity contribution >= 4 is 16.8 Å². The Hall–Kier alpha value is -2.14. The highest BCUT2D eigenvalue weighted by Crippen LogP contribution is 2.23. The summed E-state index contributed by atoms with van der Waals surface area (Å²) < 4.78 is 5.62. The Bertz CT molecular complexity index is 624. The molecule has 2 heterocycles. The van der Waals surface area contributed by atoms with Crippen LogP contribution in [0.4, 0.5) is 0 Å². The van der Waals surface area contributed by atoms with Crippen LogP contribution in [-0.2, 0) is 4.79 Å². The van der Waals surface area contributed by atoms with E-state index < -0.39 is 6.10 Å². The second kappa shape index (κ2) is 5.46. The number of aliphatic hydroxyl groups excluding tert-OH is 1. The molecule has 1 aromatic carbocycles. The van der Waals surface area contributed by atoms with Gasteiger partial charge in [0.2, 0.25) is 0 Å². The monoisotopic (exact) mass is 272 g/mol. The van der Waals surface area contributed by atoms with Gasteiger partial charge in [0.1, 0.15) is 5.75 Å². The van der Waals surface area contributed by atoms with Crippen LogP contribution < -0.4 is 4.74 Å². The van der Waals surface area contributed by atoms with E-state index in [1.807, 2.05) is 24.3 Å². The maximum absolute atomic E-state index is 12.0. The number of amides is 1. The molecule has 5 heteroatoms. The molecule has 1 saturated heterocycles. The summed E-state index contributed by atoms with van der Waals surface area (Å²) in [7, 11) is 0. The van der Waals surface area contributed by atoms with Gasteiger partial charge < -0.3 is 14.7 Å². The zero-order chi connectivity index (χ0) is 13.9. The fourth-order valence-electron chi connectivity index (χ4n) is 2.39. The molecule has 0 saturated carbocycles. The highest BCUT2D eigenvalue weighted by Gasteiger charge is 2.24. The summed E-state index contributed by atoms with van der Waals surface area (Å²) in [5.74, 6) is 0.561. The number of aliphatic hydroxyl groups is 1. The molecule has 2 aromatic rings. The topological polar surface area (TPSA) is 62.7 Å². The van der Waals surface area contributed by atoms with Crippen molar-refractivity contribution in [2.24, 2.45) is 0 Å². The molecule has 1 aromatic heterocycles. The number of para-hydroxylation sites is 1. The van der Waals surface area contributed by atoms with Gasteiger partial charge in [-0.05, 0) is 24.6 Å². The average molecular weight is 272 g/mol. The summed E-state index contributed by atoms with van der Waals surface area (Å²) in [6.07, 6.45) is 1.91. The van der Waals surface area contributed by atoms with Gasteiger partial charge in [0.15, 0.2) is 6.61 Å². The first-order chi connectivity index (χ1) is 9.74. The fourth-order valence-corrected chi connectivity index (χ4v) is 2.39. The number of β-amino-alcohol motifs (C(OH)–C–C–N with tert-alkyl or cyclic N) is 1. The molecule has 1 atom stereocenters. The zero-order valence-corrected chi connectivity index (χ0v) is 11.0. The van der Waals surface area contributed by atoms with E-state index in [1.54, 1.807) is 17.2 Å². The van der Waals surface area contributed by atoms with Gasteiger partial charge in [-0.2, -0.15) is 0 Å². The molecular formula is C15H16N2O3. The van der Waals surface area contributed by atoms with Gasteiger partial charge in [-0.25, -0.2) is 0 Å². The van der Waals surface area contributed by atoms with Crippen molar-refractivity contribution in [2.45, 2.75) is 12.5 Å². The lowest BCUT2D eigenvalue weighted by molar-refractivity contribution is -0.132. The molecule has 3 rings (SSSR count). The molecule has 104 valence electrons. The van der Waals surface area contributed by atoms with Crippen molar-refractivity contribution in [1.29, 1.82) is 0 Å². The van der Waals surface area contributed by atoms with Crippen molar-refractivity contribution in [1.82, 2.24) is 9.88 Å². The normalized spacial score (nSPS) is 18.4. The first-order valence-corrected chi connectivity index (χ1v) is 6.66. The standard InChI is InChI=1S/C15H16N2O3/c18-11-6-8-17(9-11)15(19)10-20-14-5-7-16-13-4-2-1-3-12(13)14/h1-5,7,11,18H,6,8-10H2/t11-/m0/s1. The van der Waals surface area contributed by atoms with Crippen LogP contribution in [0.5, 0.6) is 5.75 Å². The van der Waals surface area contributed by atoms with E-state index in [-0.39, 0.29) is 12.5 Å². The number of carbonyl (C=O) groups excluding carboxylic acids is 1. The van der Waals surface area contributed by atoms with Gasteiger partial charge in [-0.15, -0.1) is 0 Å². The Labute approximate surface area is 116 Å². The van der Waals surface area contributed by atoms with Gasteiger partial charge in [0.25, 0.3) is 5.91 Å². The summed E-state index contributed by atoms with van der Waals surface area (Å²) in [6.45, 7) is 0.987. The van der Waals surface area contributed by atoms with E-state index in [2.05, 4.69) is 4.98 Å². The van der Waals surface area contributed by atoms with Crippen LogP contribution in [0, 0.1) is 0 Å². The molecular weight excluding hydrogens is 256 g/mol. The molecule has 0 unspecified atom stereocenters. The molecule has 0 spiro atoms. The number of aromatic nitrogens is 1. The van der Waals surface area contributed by atoms with Crippen LogP contribution in [0.1, 0.15) is 6.42 Å². The molecule has 20 heavy (non-hydrogen) atoms. The Balaban J connectivity index is 1.69. The minimum absolute atomic E-state index is 0.0132. The lowest BCUT2D eigenvalue weighted by atomic mass is 10.2. The highest BCUT2D eigenvalue weighted by atomic mass is 16.5. The molecule has 1 amide bonds. The third kappa shape index (κ3) is 2.58. The van der Waals surface area contributed by atoms with Gasteiger partial charge in [-0.3, -0.25) is 9.78 Å². The van der Waals surface area contributed by atoms with Gasteiger partial charge >= 0.3 is 0 Å². The number of benzene rings is 1. The number of pyridine rings is 1. The molecule has 0 aliphatic carbocycles. The quantitative estimate of drug-likeness (QED) is 0.912. The first-order valence-electron chi connectivity index (χ1n) is 6.66. The number of hydrogen-bond acceptors (Lipinski definition) is 4. The van der Waals surface area contributed by atoms with E-state index in [0.29, 0.717) is 25.3 Å². The van der Waals surface area contributed by atoms with Crippen molar-refractivity contribution < 1.29 is 14.6 Å². The SMILES string of the molecule is O=C(COc1ccnc2ccccc12)N1CC[C@H](O)C1. The molecule has 0 bridgehead atoms. The van der Waals surface area contributed by atoms with Crippen molar-refractivity contribution in [3.8, 4) is 5.75 Å².